The average Bonchev–Trinajstić information content (AvgIpc) is 3.19. The second-order valence-corrected chi connectivity index (χ2v) is 6.50. The molecule has 1 aromatic rings. The molecule has 1 aromatic carbocycles. The normalized spacial score (nSPS) is 23.0. The van der Waals surface area contributed by atoms with E-state index in [0.717, 1.165) is 13.0 Å². The summed E-state index contributed by atoms with van der Waals surface area (Å²) in [5.74, 6) is 0.808. The molecule has 0 radical (unpaired) electrons. The molecule has 2 aliphatic rings. The van der Waals surface area contributed by atoms with Gasteiger partial charge in [0.2, 0.25) is 5.91 Å². The minimum atomic E-state index is 0. The lowest BCUT2D eigenvalue weighted by Crippen LogP contribution is -2.36. The van der Waals surface area contributed by atoms with Crippen LogP contribution in [0.1, 0.15) is 56.6 Å². The molecule has 3 nitrogen and oxygen atoms in total. The Morgan fingerprint density at radius 3 is 2.50 bits per heavy atom. The van der Waals surface area contributed by atoms with Crippen molar-refractivity contribution in [3.05, 3.63) is 35.9 Å². The molecule has 0 bridgehead atoms. The largest absolute Gasteiger partial charge is 0.349 e. The maximum atomic E-state index is 12.4. The molecule has 2 unspecified atom stereocenters. The van der Waals surface area contributed by atoms with Gasteiger partial charge in [-0.1, -0.05) is 43.2 Å². The summed E-state index contributed by atoms with van der Waals surface area (Å²) in [6.07, 6.45) is 8.02. The Kier molecular flexibility index (Phi) is 6.71. The van der Waals surface area contributed by atoms with Crippen molar-refractivity contribution in [1.82, 2.24) is 10.6 Å². The maximum absolute atomic E-state index is 12.4. The zero-order valence-corrected chi connectivity index (χ0v) is 13.9. The number of benzene rings is 1. The molecule has 1 heterocycles. The van der Waals surface area contributed by atoms with Gasteiger partial charge in [-0.3, -0.25) is 4.79 Å². The lowest BCUT2D eigenvalue weighted by Gasteiger charge is -2.26. The maximum Gasteiger partial charge on any atom is 0.222 e. The first-order valence-corrected chi connectivity index (χ1v) is 8.40. The fraction of sp³-hybridized carbons (Fsp3) is 0.611. The standard InChI is InChI=1S/C18H26N2O.ClH/c21-17(13-16-11-6-12-19-16)20-18(15-9-4-5-10-15)14-7-2-1-3-8-14;/h1-3,7-8,15-16,18-19H,4-6,9-13H2,(H,20,21);1H. The van der Waals surface area contributed by atoms with Crippen LogP contribution >= 0.6 is 12.4 Å². The van der Waals surface area contributed by atoms with Crippen LogP contribution in [0.15, 0.2) is 30.3 Å². The number of nitrogens with one attached hydrogen (secondary N) is 2. The minimum Gasteiger partial charge on any atom is -0.349 e. The van der Waals surface area contributed by atoms with Gasteiger partial charge in [0.05, 0.1) is 6.04 Å². The zero-order chi connectivity index (χ0) is 14.5. The van der Waals surface area contributed by atoms with Gasteiger partial charge in [0, 0.05) is 12.5 Å². The van der Waals surface area contributed by atoms with Crippen LogP contribution in [-0.4, -0.2) is 18.5 Å². The summed E-state index contributed by atoms with van der Waals surface area (Å²) in [6.45, 7) is 1.06. The molecule has 1 saturated carbocycles. The van der Waals surface area contributed by atoms with Crippen molar-refractivity contribution >= 4 is 18.3 Å². The van der Waals surface area contributed by atoms with E-state index in [2.05, 4.69) is 34.9 Å². The van der Waals surface area contributed by atoms with Gasteiger partial charge in [-0.05, 0) is 43.7 Å². The summed E-state index contributed by atoms with van der Waals surface area (Å²) in [4.78, 5) is 12.4. The predicted molar refractivity (Wildman–Crippen MR) is 92.2 cm³/mol. The minimum absolute atomic E-state index is 0. The second kappa shape index (κ2) is 8.54. The first kappa shape index (κ1) is 17.3. The van der Waals surface area contributed by atoms with Crippen LogP contribution in [0.2, 0.25) is 0 Å². The van der Waals surface area contributed by atoms with E-state index in [4.69, 9.17) is 0 Å². The average molecular weight is 323 g/mol. The van der Waals surface area contributed by atoms with Gasteiger partial charge >= 0.3 is 0 Å². The topological polar surface area (TPSA) is 41.1 Å². The van der Waals surface area contributed by atoms with Gasteiger partial charge in [-0.2, -0.15) is 0 Å². The van der Waals surface area contributed by atoms with Gasteiger partial charge in [-0.15, -0.1) is 12.4 Å². The summed E-state index contributed by atoms with van der Waals surface area (Å²) in [7, 11) is 0. The van der Waals surface area contributed by atoms with Gasteiger partial charge < -0.3 is 10.6 Å². The smallest absolute Gasteiger partial charge is 0.222 e. The van der Waals surface area contributed by atoms with Crippen molar-refractivity contribution in [2.75, 3.05) is 6.54 Å². The third-order valence-corrected chi connectivity index (χ3v) is 4.94. The number of halogens is 1. The molecule has 2 atom stereocenters. The summed E-state index contributed by atoms with van der Waals surface area (Å²) in [5.41, 5.74) is 1.26. The number of amides is 1. The Labute approximate surface area is 139 Å². The Morgan fingerprint density at radius 1 is 1.14 bits per heavy atom. The van der Waals surface area contributed by atoms with Crippen molar-refractivity contribution in [3.8, 4) is 0 Å². The molecular formula is C18H27ClN2O. The summed E-state index contributed by atoms with van der Waals surface area (Å²) in [6, 6.07) is 11.1. The van der Waals surface area contributed by atoms with Gasteiger partial charge in [0.15, 0.2) is 0 Å². The van der Waals surface area contributed by atoms with Crippen LogP contribution in [0.3, 0.4) is 0 Å². The fourth-order valence-electron chi connectivity index (χ4n) is 3.81. The molecule has 4 heteroatoms. The van der Waals surface area contributed by atoms with E-state index in [9.17, 15) is 4.79 Å². The highest BCUT2D eigenvalue weighted by Gasteiger charge is 2.28. The molecule has 2 fully saturated rings. The molecule has 0 aromatic heterocycles. The molecule has 1 saturated heterocycles. The number of hydrogen-bond donors (Lipinski definition) is 2. The van der Waals surface area contributed by atoms with Crippen molar-refractivity contribution in [1.29, 1.82) is 0 Å². The Hall–Kier alpha value is -1.06. The number of carbonyl (C=O) groups is 1. The molecule has 1 aliphatic carbocycles. The van der Waals surface area contributed by atoms with E-state index >= 15 is 0 Å². The van der Waals surface area contributed by atoms with Crippen LogP contribution in [0.25, 0.3) is 0 Å². The van der Waals surface area contributed by atoms with E-state index in [-0.39, 0.29) is 24.4 Å². The van der Waals surface area contributed by atoms with Crippen molar-refractivity contribution in [3.63, 3.8) is 0 Å². The fourth-order valence-corrected chi connectivity index (χ4v) is 3.81. The van der Waals surface area contributed by atoms with Gasteiger partial charge in [-0.25, -0.2) is 0 Å². The summed E-state index contributed by atoms with van der Waals surface area (Å²) in [5, 5.41) is 6.73. The highest BCUT2D eigenvalue weighted by Crippen LogP contribution is 2.35. The van der Waals surface area contributed by atoms with Crippen molar-refractivity contribution < 1.29 is 4.79 Å². The molecule has 1 amide bonds. The van der Waals surface area contributed by atoms with Crippen LogP contribution in [0, 0.1) is 5.92 Å². The molecule has 122 valence electrons. The third-order valence-electron chi connectivity index (χ3n) is 4.94. The lowest BCUT2D eigenvalue weighted by molar-refractivity contribution is -0.122. The molecule has 1 aliphatic heterocycles. The zero-order valence-electron chi connectivity index (χ0n) is 13.1. The third kappa shape index (κ3) is 4.47. The second-order valence-electron chi connectivity index (χ2n) is 6.50. The van der Waals surface area contributed by atoms with Crippen LogP contribution in [0.5, 0.6) is 0 Å². The Balaban J connectivity index is 0.00000176. The monoisotopic (exact) mass is 322 g/mol. The van der Waals surface area contributed by atoms with E-state index in [1.807, 2.05) is 6.07 Å². The SMILES string of the molecule is Cl.O=C(CC1CCCN1)NC(c1ccccc1)C1CCCC1. The first-order chi connectivity index (χ1) is 10.3. The highest BCUT2D eigenvalue weighted by molar-refractivity contribution is 5.85. The van der Waals surface area contributed by atoms with Crippen LogP contribution in [-0.2, 0) is 4.79 Å². The number of carbonyl (C=O) groups excluding carboxylic acids is 1. The Bertz CT molecular complexity index is 453. The van der Waals surface area contributed by atoms with Crippen molar-refractivity contribution in [2.45, 2.75) is 57.0 Å². The Morgan fingerprint density at radius 2 is 1.86 bits per heavy atom. The molecule has 0 spiro atoms. The summed E-state index contributed by atoms with van der Waals surface area (Å²) >= 11 is 0. The van der Waals surface area contributed by atoms with Crippen molar-refractivity contribution in [2.24, 2.45) is 5.92 Å². The van der Waals surface area contributed by atoms with E-state index in [0.29, 0.717) is 18.4 Å². The van der Waals surface area contributed by atoms with Crippen LogP contribution in [0.4, 0.5) is 0 Å². The molecular weight excluding hydrogens is 296 g/mol. The van der Waals surface area contributed by atoms with E-state index in [1.54, 1.807) is 0 Å². The number of hydrogen-bond acceptors (Lipinski definition) is 2. The number of rotatable bonds is 5. The molecule has 3 rings (SSSR count). The van der Waals surface area contributed by atoms with Gasteiger partial charge in [0.1, 0.15) is 0 Å². The quantitative estimate of drug-likeness (QED) is 0.869. The lowest BCUT2D eigenvalue weighted by atomic mass is 9.91. The van der Waals surface area contributed by atoms with Crippen LogP contribution < -0.4 is 10.6 Å². The predicted octanol–water partition coefficient (Wildman–Crippen LogP) is 3.60. The molecule has 2 N–H and O–H groups in total. The first-order valence-electron chi connectivity index (χ1n) is 8.40. The van der Waals surface area contributed by atoms with Gasteiger partial charge in [0.25, 0.3) is 0 Å². The van der Waals surface area contributed by atoms with E-state index in [1.165, 1.54) is 37.7 Å². The summed E-state index contributed by atoms with van der Waals surface area (Å²) < 4.78 is 0. The molecule has 22 heavy (non-hydrogen) atoms. The highest BCUT2D eigenvalue weighted by atomic mass is 35.5. The van der Waals surface area contributed by atoms with E-state index < -0.39 is 0 Å².